The number of benzene rings is 1. The second-order valence-corrected chi connectivity index (χ2v) is 5.54. The number of amides is 1. The van der Waals surface area contributed by atoms with Gasteiger partial charge >= 0.3 is 0 Å². The minimum Gasteiger partial charge on any atom is -0.399 e. The van der Waals surface area contributed by atoms with Gasteiger partial charge in [-0.3, -0.25) is 4.79 Å². The molecule has 4 nitrogen and oxygen atoms in total. The van der Waals surface area contributed by atoms with Gasteiger partial charge in [-0.15, -0.1) is 0 Å². The van der Waals surface area contributed by atoms with E-state index in [-0.39, 0.29) is 18.1 Å². The molecule has 0 bridgehead atoms. The summed E-state index contributed by atoms with van der Waals surface area (Å²) in [6.07, 6.45) is 0. The Bertz CT molecular complexity index is 413. The second-order valence-electron chi connectivity index (χ2n) is 4.69. The van der Waals surface area contributed by atoms with Crippen LogP contribution in [-0.4, -0.2) is 18.1 Å². The van der Waals surface area contributed by atoms with Crippen molar-refractivity contribution in [1.29, 1.82) is 0 Å². The number of hydrogen-bond donors (Lipinski definition) is 2. The van der Waals surface area contributed by atoms with E-state index in [0.717, 1.165) is 4.47 Å². The van der Waals surface area contributed by atoms with Crippen LogP contribution in [0.25, 0.3) is 0 Å². The maximum Gasteiger partial charge on any atom is 0.250 e. The summed E-state index contributed by atoms with van der Waals surface area (Å²) < 4.78 is 6.13. The Morgan fingerprint density at radius 2 is 2.12 bits per heavy atom. The topological polar surface area (TPSA) is 64.3 Å². The van der Waals surface area contributed by atoms with Crippen LogP contribution in [0.1, 0.15) is 20.8 Å². The molecule has 0 radical (unpaired) electrons. The summed E-state index contributed by atoms with van der Waals surface area (Å²) in [5, 5.41) is 2.74. The highest BCUT2D eigenvalue weighted by atomic mass is 79.9. The van der Waals surface area contributed by atoms with Crippen molar-refractivity contribution in [2.24, 2.45) is 0 Å². The standard InChI is InChI=1S/C12H17BrN2O2/c1-12(2,3)17-7-11(16)15-10-5-4-8(14)6-9(10)13/h4-6H,7,14H2,1-3H3,(H,15,16). The summed E-state index contributed by atoms with van der Waals surface area (Å²) in [4.78, 5) is 11.6. The van der Waals surface area contributed by atoms with Crippen molar-refractivity contribution in [2.75, 3.05) is 17.7 Å². The molecule has 1 aromatic carbocycles. The van der Waals surface area contributed by atoms with Crippen LogP contribution in [-0.2, 0) is 9.53 Å². The third-order valence-corrected chi connectivity index (χ3v) is 2.56. The van der Waals surface area contributed by atoms with Crippen molar-refractivity contribution < 1.29 is 9.53 Å². The van der Waals surface area contributed by atoms with Crippen molar-refractivity contribution in [3.05, 3.63) is 22.7 Å². The number of nitrogens with two attached hydrogens (primary N) is 1. The number of carbonyl (C=O) groups excluding carboxylic acids is 1. The Labute approximate surface area is 110 Å². The third-order valence-electron chi connectivity index (χ3n) is 1.90. The minimum atomic E-state index is -0.324. The van der Waals surface area contributed by atoms with E-state index in [1.54, 1.807) is 18.2 Å². The quantitative estimate of drug-likeness (QED) is 0.844. The lowest BCUT2D eigenvalue weighted by Crippen LogP contribution is -2.27. The maximum atomic E-state index is 11.6. The zero-order chi connectivity index (χ0) is 13.1. The number of halogens is 1. The summed E-state index contributed by atoms with van der Waals surface area (Å²) in [5.74, 6) is -0.189. The zero-order valence-electron chi connectivity index (χ0n) is 10.2. The monoisotopic (exact) mass is 300 g/mol. The maximum absolute atomic E-state index is 11.6. The predicted molar refractivity (Wildman–Crippen MR) is 72.9 cm³/mol. The second kappa shape index (κ2) is 5.51. The van der Waals surface area contributed by atoms with Gasteiger partial charge in [0.05, 0.1) is 11.3 Å². The van der Waals surface area contributed by atoms with Crippen LogP contribution in [0.15, 0.2) is 22.7 Å². The number of rotatable bonds is 3. The van der Waals surface area contributed by atoms with Gasteiger partial charge in [-0.25, -0.2) is 0 Å². The van der Waals surface area contributed by atoms with Gasteiger partial charge in [0.15, 0.2) is 0 Å². The van der Waals surface area contributed by atoms with Crippen LogP contribution in [0.5, 0.6) is 0 Å². The van der Waals surface area contributed by atoms with E-state index in [9.17, 15) is 4.79 Å². The number of nitrogens with one attached hydrogen (secondary N) is 1. The lowest BCUT2D eigenvalue weighted by molar-refractivity contribution is -0.125. The van der Waals surface area contributed by atoms with E-state index < -0.39 is 0 Å². The van der Waals surface area contributed by atoms with Crippen LogP contribution in [0.3, 0.4) is 0 Å². The van der Waals surface area contributed by atoms with E-state index in [1.165, 1.54) is 0 Å². The molecule has 0 saturated heterocycles. The molecule has 0 aliphatic rings. The van der Waals surface area contributed by atoms with Gasteiger partial charge in [-0.05, 0) is 54.9 Å². The van der Waals surface area contributed by atoms with Crippen molar-refractivity contribution in [3.8, 4) is 0 Å². The van der Waals surface area contributed by atoms with E-state index in [0.29, 0.717) is 11.4 Å². The molecule has 0 unspecified atom stereocenters. The molecule has 0 aromatic heterocycles. The van der Waals surface area contributed by atoms with E-state index in [4.69, 9.17) is 10.5 Å². The van der Waals surface area contributed by atoms with Crippen molar-refractivity contribution in [3.63, 3.8) is 0 Å². The Morgan fingerprint density at radius 3 is 2.65 bits per heavy atom. The van der Waals surface area contributed by atoms with Gasteiger partial charge in [0.2, 0.25) is 5.91 Å². The molecular weight excluding hydrogens is 284 g/mol. The lowest BCUT2D eigenvalue weighted by Gasteiger charge is -2.19. The molecule has 0 fully saturated rings. The minimum absolute atomic E-state index is 0.0281. The van der Waals surface area contributed by atoms with E-state index >= 15 is 0 Å². The molecule has 0 saturated carbocycles. The van der Waals surface area contributed by atoms with Crippen LogP contribution < -0.4 is 11.1 Å². The van der Waals surface area contributed by atoms with Crippen molar-refractivity contribution in [2.45, 2.75) is 26.4 Å². The number of nitrogen functional groups attached to an aromatic ring is 1. The molecule has 94 valence electrons. The molecule has 1 aromatic rings. The first-order valence-electron chi connectivity index (χ1n) is 5.27. The molecule has 0 aliphatic carbocycles. The van der Waals surface area contributed by atoms with Crippen LogP contribution in [0.2, 0.25) is 0 Å². The molecule has 17 heavy (non-hydrogen) atoms. The first-order chi connectivity index (χ1) is 7.78. The van der Waals surface area contributed by atoms with Gasteiger partial charge in [0, 0.05) is 10.2 Å². The average Bonchev–Trinajstić information content (AvgIpc) is 2.18. The molecule has 3 N–H and O–H groups in total. The Morgan fingerprint density at radius 1 is 1.47 bits per heavy atom. The Balaban J connectivity index is 2.57. The van der Waals surface area contributed by atoms with E-state index in [2.05, 4.69) is 21.2 Å². The Hall–Kier alpha value is -1.07. The third kappa shape index (κ3) is 5.19. The molecule has 0 atom stereocenters. The number of hydrogen-bond acceptors (Lipinski definition) is 3. The normalized spacial score (nSPS) is 11.3. The fourth-order valence-electron chi connectivity index (χ4n) is 1.10. The molecule has 1 rings (SSSR count). The lowest BCUT2D eigenvalue weighted by atomic mass is 10.2. The van der Waals surface area contributed by atoms with Gasteiger partial charge in [-0.1, -0.05) is 0 Å². The highest BCUT2D eigenvalue weighted by Crippen LogP contribution is 2.24. The molecule has 0 heterocycles. The summed E-state index contributed by atoms with van der Waals surface area (Å²) in [5.41, 5.74) is 6.60. The van der Waals surface area contributed by atoms with Gasteiger partial charge in [0.25, 0.3) is 0 Å². The van der Waals surface area contributed by atoms with Gasteiger partial charge < -0.3 is 15.8 Å². The smallest absolute Gasteiger partial charge is 0.250 e. The largest absolute Gasteiger partial charge is 0.399 e. The fourth-order valence-corrected chi connectivity index (χ4v) is 1.60. The fraction of sp³-hybridized carbons (Fsp3) is 0.417. The van der Waals surface area contributed by atoms with Crippen molar-refractivity contribution in [1.82, 2.24) is 0 Å². The summed E-state index contributed by atoms with van der Waals surface area (Å²) in [6.45, 7) is 5.73. The van der Waals surface area contributed by atoms with Crippen LogP contribution in [0, 0.1) is 0 Å². The van der Waals surface area contributed by atoms with Crippen LogP contribution in [0.4, 0.5) is 11.4 Å². The summed E-state index contributed by atoms with van der Waals surface area (Å²) >= 11 is 3.33. The van der Waals surface area contributed by atoms with Gasteiger partial charge in [0.1, 0.15) is 6.61 Å². The first-order valence-corrected chi connectivity index (χ1v) is 6.06. The predicted octanol–water partition coefficient (Wildman–Crippen LogP) is 2.78. The summed E-state index contributed by atoms with van der Waals surface area (Å²) in [7, 11) is 0. The van der Waals surface area contributed by atoms with Crippen LogP contribution >= 0.6 is 15.9 Å². The van der Waals surface area contributed by atoms with Crippen molar-refractivity contribution >= 4 is 33.2 Å². The molecule has 1 amide bonds. The molecule has 0 aliphatic heterocycles. The molecular formula is C12H17BrN2O2. The zero-order valence-corrected chi connectivity index (χ0v) is 11.8. The van der Waals surface area contributed by atoms with E-state index in [1.807, 2.05) is 20.8 Å². The molecule has 0 spiro atoms. The number of carbonyl (C=O) groups is 1. The molecule has 5 heteroatoms. The first kappa shape index (κ1) is 14.0. The van der Waals surface area contributed by atoms with Gasteiger partial charge in [-0.2, -0.15) is 0 Å². The summed E-state index contributed by atoms with van der Waals surface area (Å²) in [6, 6.07) is 5.21. The average molecular weight is 301 g/mol. The number of anilines is 2. The SMILES string of the molecule is CC(C)(C)OCC(=O)Nc1ccc(N)cc1Br. The Kier molecular flexibility index (Phi) is 4.54. The highest BCUT2D eigenvalue weighted by molar-refractivity contribution is 9.10. The number of ether oxygens (including phenoxy) is 1. The highest BCUT2D eigenvalue weighted by Gasteiger charge is 2.13.